The number of ether oxygens (including phenoxy) is 1. The molecule has 0 bridgehead atoms. The van der Waals surface area contributed by atoms with Crippen LogP contribution in [0.2, 0.25) is 0 Å². The van der Waals surface area contributed by atoms with Crippen LogP contribution in [0.4, 0.5) is 0 Å². The Morgan fingerprint density at radius 1 is 1.50 bits per heavy atom. The average Bonchev–Trinajstić information content (AvgIpc) is 2.26. The minimum atomic E-state index is -1.16. The number of methoxy groups -OCH3 is 1. The first-order valence-corrected chi connectivity index (χ1v) is 4.60. The molecule has 1 aromatic carbocycles. The van der Waals surface area contributed by atoms with E-state index >= 15 is 0 Å². The lowest BCUT2D eigenvalue weighted by Gasteiger charge is -2.18. The van der Waals surface area contributed by atoms with Gasteiger partial charge in [-0.1, -0.05) is 6.08 Å². The molecule has 0 saturated heterocycles. The second kappa shape index (κ2) is 3.90. The number of carbonyl (C=O) groups is 1. The fourth-order valence-electron chi connectivity index (χ4n) is 1.56. The molecule has 0 fully saturated rings. The minimum absolute atomic E-state index is 0.0802. The van der Waals surface area contributed by atoms with Crippen molar-refractivity contribution in [1.82, 2.24) is 0 Å². The smallest absolute Gasteiger partial charge is 0.532 e. The van der Waals surface area contributed by atoms with E-state index in [4.69, 9.17) is 14.5 Å². The highest BCUT2D eigenvalue weighted by atomic mass is 16.5. The normalized spacial score (nSPS) is 13.0. The van der Waals surface area contributed by atoms with Gasteiger partial charge in [-0.05, 0) is 18.1 Å². The summed E-state index contributed by atoms with van der Waals surface area (Å²) < 4.78 is 10.0. The highest BCUT2D eigenvalue weighted by Gasteiger charge is 2.26. The molecule has 0 unspecified atom stereocenters. The molecule has 5 nitrogen and oxygen atoms in total. The first-order valence-electron chi connectivity index (χ1n) is 4.60. The zero-order valence-corrected chi connectivity index (χ0v) is 8.51. The second-order valence-electron chi connectivity index (χ2n) is 3.23. The third kappa shape index (κ3) is 1.63. The fraction of sp³-hybridized carbons (Fsp3) is 0.100. The zero-order chi connectivity index (χ0) is 11.7. The van der Waals surface area contributed by atoms with Gasteiger partial charge in [-0.3, -0.25) is 0 Å². The lowest BCUT2D eigenvalue weighted by atomic mass is 9.85. The van der Waals surface area contributed by atoms with Crippen LogP contribution in [-0.4, -0.2) is 30.3 Å². The van der Waals surface area contributed by atoms with E-state index < -0.39 is 13.1 Å². The highest BCUT2D eigenvalue weighted by Crippen LogP contribution is 2.35. The first kappa shape index (κ1) is 10.6. The average molecular weight is 220 g/mol. The van der Waals surface area contributed by atoms with Crippen LogP contribution in [0.25, 0.3) is 6.08 Å². The van der Waals surface area contributed by atoms with Gasteiger partial charge in [-0.15, -0.1) is 0 Å². The van der Waals surface area contributed by atoms with Crippen LogP contribution in [-0.2, 0) is 0 Å². The fourth-order valence-corrected chi connectivity index (χ4v) is 1.56. The molecule has 1 heterocycles. The lowest BCUT2D eigenvalue weighted by Crippen LogP contribution is -2.23. The summed E-state index contributed by atoms with van der Waals surface area (Å²) in [5.41, 5.74) is 0.520. The molecule has 1 aliphatic rings. The van der Waals surface area contributed by atoms with E-state index in [0.717, 1.165) is 0 Å². The van der Waals surface area contributed by atoms with Gasteiger partial charge in [-0.2, -0.15) is 0 Å². The maximum absolute atomic E-state index is 11.1. The summed E-state index contributed by atoms with van der Waals surface area (Å²) in [6.45, 7) is 0. The lowest BCUT2D eigenvalue weighted by molar-refractivity contribution is 0.0691. The number of fused-ring (bicyclic) bond motifs is 1. The Labute approximate surface area is 92.1 Å². The molecule has 0 saturated carbocycles. The van der Waals surface area contributed by atoms with Crippen molar-refractivity contribution in [2.45, 2.75) is 0 Å². The van der Waals surface area contributed by atoms with Gasteiger partial charge < -0.3 is 19.5 Å². The topological polar surface area (TPSA) is 76.0 Å². The predicted octanol–water partition coefficient (Wildman–Crippen LogP) is 0.819. The van der Waals surface area contributed by atoms with Crippen LogP contribution < -0.4 is 9.39 Å². The predicted molar refractivity (Wildman–Crippen MR) is 57.6 cm³/mol. The van der Waals surface area contributed by atoms with Crippen molar-refractivity contribution in [3.05, 3.63) is 29.2 Å². The zero-order valence-electron chi connectivity index (χ0n) is 8.51. The monoisotopic (exact) mass is 220 g/mol. The van der Waals surface area contributed by atoms with E-state index in [1.54, 1.807) is 18.2 Å². The van der Waals surface area contributed by atoms with Crippen molar-refractivity contribution in [3.63, 3.8) is 0 Å². The summed E-state index contributed by atoms with van der Waals surface area (Å²) in [4.78, 5) is 11.1. The van der Waals surface area contributed by atoms with Gasteiger partial charge in [0.2, 0.25) is 0 Å². The van der Waals surface area contributed by atoms with Crippen LogP contribution in [0.5, 0.6) is 11.5 Å². The van der Waals surface area contributed by atoms with Gasteiger partial charge in [0.05, 0.1) is 7.11 Å². The summed E-state index contributed by atoms with van der Waals surface area (Å²) in [7, 11) is 0.251. The standard InChI is InChI=1S/C10H9BO5/c1-15-7-3-2-6-4-5-11(14)16-9(6)8(7)10(12)13/h2-5,14H,1H3,(H,12,13). The van der Waals surface area contributed by atoms with Crippen molar-refractivity contribution in [3.8, 4) is 11.5 Å². The Morgan fingerprint density at radius 2 is 2.25 bits per heavy atom. The summed E-state index contributed by atoms with van der Waals surface area (Å²) >= 11 is 0. The number of carboxylic acids is 1. The molecule has 6 heteroatoms. The summed E-state index contributed by atoms with van der Waals surface area (Å²) in [6, 6.07) is 3.22. The molecule has 82 valence electrons. The van der Waals surface area contributed by atoms with E-state index in [9.17, 15) is 9.82 Å². The van der Waals surface area contributed by atoms with Crippen LogP contribution in [0.3, 0.4) is 0 Å². The van der Waals surface area contributed by atoms with Crippen molar-refractivity contribution < 1.29 is 24.3 Å². The molecule has 1 aromatic rings. The largest absolute Gasteiger partial charge is 0.552 e. The molecule has 0 spiro atoms. The van der Waals surface area contributed by atoms with Crippen molar-refractivity contribution in [1.29, 1.82) is 0 Å². The van der Waals surface area contributed by atoms with Gasteiger partial charge >= 0.3 is 13.1 Å². The molecule has 0 aromatic heterocycles. The first-order chi connectivity index (χ1) is 7.63. The van der Waals surface area contributed by atoms with Crippen LogP contribution in [0.1, 0.15) is 15.9 Å². The Hall–Kier alpha value is -1.95. The van der Waals surface area contributed by atoms with Gasteiger partial charge in [0, 0.05) is 5.56 Å². The van der Waals surface area contributed by atoms with Gasteiger partial charge in [-0.25, -0.2) is 4.79 Å². The van der Waals surface area contributed by atoms with Gasteiger partial charge in [0.15, 0.2) is 0 Å². The van der Waals surface area contributed by atoms with Crippen LogP contribution in [0, 0.1) is 0 Å². The molecular weight excluding hydrogens is 211 g/mol. The molecule has 0 amide bonds. The summed E-state index contributed by atoms with van der Waals surface area (Å²) in [5.74, 6) is 0.604. The molecular formula is C10H9BO5. The third-order valence-electron chi connectivity index (χ3n) is 2.26. The van der Waals surface area contributed by atoms with E-state index in [0.29, 0.717) is 5.56 Å². The minimum Gasteiger partial charge on any atom is -0.532 e. The van der Waals surface area contributed by atoms with Crippen LogP contribution in [0.15, 0.2) is 18.1 Å². The SMILES string of the molecule is COc1ccc2c(c1C(=O)O)OB(O)C=C2. The maximum atomic E-state index is 11.1. The van der Waals surface area contributed by atoms with Crippen molar-refractivity contribution >= 4 is 19.2 Å². The molecule has 0 atom stereocenters. The Kier molecular flexibility index (Phi) is 2.58. The Balaban J connectivity index is 2.63. The summed E-state index contributed by atoms with van der Waals surface area (Å²) in [6.07, 6.45) is 1.61. The van der Waals surface area contributed by atoms with E-state index in [1.807, 2.05) is 0 Å². The summed E-state index contributed by atoms with van der Waals surface area (Å²) in [5, 5.41) is 18.4. The molecule has 2 rings (SSSR count). The van der Waals surface area contributed by atoms with E-state index in [1.165, 1.54) is 13.1 Å². The van der Waals surface area contributed by atoms with Gasteiger partial charge in [0.25, 0.3) is 0 Å². The maximum Gasteiger partial charge on any atom is 0.552 e. The van der Waals surface area contributed by atoms with Gasteiger partial charge in [0.1, 0.15) is 17.1 Å². The molecule has 16 heavy (non-hydrogen) atoms. The van der Waals surface area contributed by atoms with E-state index in [-0.39, 0.29) is 17.1 Å². The van der Waals surface area contributed by atoms with Crippen LogP contribution >= 0.6 is 0 Å². The second-order valence-corrected chi connectivity index (χ2v) is 3.23. The Bertz CT molecular complexity index is 469. The molecule has 0 aliphatic carbocycles. The number of rotatable bonds is 2. The third-order valence-corrected chi connectivity index (χ3v) is 2.26. The molecule has 0 radical (unpaired) electrons. The quantitative estimate of drug-likeness (QED) is 0.721. The number of carboxylic acid groups (broad SMARTS) is 1. The highest BCUT2D eigenvalue weighted by molar-refractivity contribution is 6.51. The molecule has 2 N–H and O–H groups in total. The number of aromatic carboxylic acids is 1. The van der Waals surface area contributed by atoms with Crippen molar-refractivity contribution in [2.75, 3.05) is 7.11 Å². The van der Waals surface area contributed by atoms with Crippen molar-refractivity contribution in [2.24, 2.45) is 0 Å². The molecule has 1 aliphatic heterocycles. The Morgan fingerprint density at radius 3 is 2.88 bits per heavy atom. The number of hydrogen-bond donors (Lipinski definition) is 2. The number of benzene rings is 1. The van der Waals surface area contributed by atoms with E-state index in [2.05, 4.69) is 0 Å². The number of hydrogen-bond acceptors (Lipinski definition) is 4.